The average molecular weight is 183 g/mol. The molecule has 0 radical (unpaired) electrons. The molecule has 1 N–H and O–H groups in total. The third kappa shape index (κ3) is 2.20. The Balaban J connectivity index is 2.63. The van der Waals surface area contributed by atoms with Gasteiger partial charge in [0.25, 0.3) is 0 Å². The van der Waals surface area contributed by atoms with Crippen LogP contribution in [0.15, 0.2) is 0 Å². The lowest BCUT2D eigenvalue weighted by Crippen LogP contribution is -2.45. The Kier molecular flexibility index (Phi) is 3.29. The Morgan fingerprint density at radius 1 is 1.77 bits per heavy atom. The third-order valence-corrected chi connectivity index (χ3v) is 2.92. The summed E-state index contributed by atoms with van der Waals surface area (Å²) in [5, 5.41) is 18.9. The summed E-state index contributed by atoms with van der Waals surface area (Å²) in [6.45, 7) is 4.38. The highest BCUT2D eigenvalue weighted by molar-refractivity contribution is 4.98. The number of rotatable bonds is 2. The zero-order valence-corrected chi connectivity index (χ0v) is 8.29. The molecule has 1 saturated heterocycles. The molecule has 13 heavy (non-hydrogen) atoms. The predicted octanol–water partition coefficient (Wildman–Crippen LogP) is 1.47. The van der Waals surface area contributed by atoms with E-state index in [0.717, 1.165) is 6.42 Å². The van der Waals surface area contributed by atoms with Crippen LogP contribution in [0.25, 0.3) is 0 Å². The summed E-state index contributed by atoms with van der Waals surface area (Å²) in [5.74, 6) is -0.301. The Hall–Kier alpha value is -0.590. The van der Waals surface area contributed by atoms with Crippen molar-refractivity contribution in [3.63, 3.8) is 0 Å². The molecule has 1 heterocycles. The zero-order chi connectivity index (χ0) is 9.90. The smallest absolute Gasteiger partial charge is 0.0849 e. The van der Waals surface area contributed by atoms with Gasteiger partial charge in [-0.3, -0.25) is 0 Å². The maximum absolute atomic E-state index is 10.1. The molecule has 0 bridgehead atoms. The minimum absolute atomic E-state index is 0.120. The highest BCUT2D eigenvalue weighted by Gasteiger charge is 2.39. The molecule has 0 aromatic rings. The first-order valence-electron chi connectivity index (χ1n) is 4.86. The van der Waals surface area contributed by atoms with Gasteiger partial charge in [-0.15, -0.1) is 0 Å². The van der Waals surface area contributed by atoms with E-state index in [1.54, 1.807) is 6.92 Å². The molecule has 74 valence electrons. The van der Waals surface area contributed by atoms with Crippen LogP contribution in [0.5, 0.6) is 0 Å². The first-order chi connectivity index (χ1) is 6.12. The summed E-state index contributed by atoms with van der Waals surface area (Å²) in [7, 11) is 0. The van der Waals surface area contributed by atoms with Gasteiger partial charge in [-0.1, -0.05) is 6.92 Å². The molecule has 0 spiro atoms. The Bertz CT molecular complexity index is 211. The zero-order valence-electron chi connectivity index (χ0n) is 8.29. The lowest BCUT2D eigenvalue weighted by molar-refractivity contribution is -0.119. The van der Waals surface area contributed by atoms with Gasteiger partial charge < -0.3 is 9.84 Å². The van der Waals surface area contributed by atoms with E-state index in [0.29, 0.717) is 19.4 Å². The number of ether oxygens (including phenoxy) is 1. The summed E-state index contributed by atoms with van der Waals surface area (Å²) >= 11 is 0. The molecule has 3 unspecified atom stereocenters. The third-order valence-electron chi connectivity index (χ3n) is 2.92. The number of aliphatic hydroxyl groups is 1. The fourth-order valence-corrected chi connectivity index (χ4v) is 1.73. The molecule has 0 aromatic heterocycles. The fraction of sp³-hybridized carbons (Fsp3) is 0.900. The maximum atomic E-state index is 10.1. The van der Waals surface area contributed by atoms with Gasteiger partial charge >= 0.3 is 0 Å². The first kappa shape index (κ1) is 10.5. The molecule has 1 fully saturated rings. The largest absolute Gasteiger partial charge is 0.388 e. The Morgan fingerprint density at radius 3 is 3.00 bits per heavy atom. The van der Waals surface area contributed by atoms with Crippen LogP contribution in [-0.2, 0) is 4.74 Å². The molecular formula is C10H17NO2. The van der Waals surface area contributed by atoms with E-state index < -0.39 is 5.60 Å². The van der Waals surface area contributed by atoms with E-state index in [2.05, 4.69) is 6.07 Å². The van der Waals surface area contributed by atoms with Gasteiger partial charge in [0.1, 0.15) is 0 Å². The van der Waals surface area contributed by atoms with Crippen LogP contribution in [-0.4, -0.2) is 23.4 Å². The highest BCUT2D eigenvalue weighted by atomic mass is 16.5. The van der Waals surface area contributed by atoms with Crippen molar-refractivity contribution < 1.29 is 9.84 Å². The Labute approximate surface area is 79.3 Å². The molecule has 3 atom stereocenters. The van der Waals surface area contributed by atoms with Crippen LogP contribution in [0.4, 0.5) is 0 Å². The molecule has 1 aliphatic heterocycles. The first-order valence-corrected chi connectivity index (χ1v) is 4.86. The van der Waals surface area contributed by atoms with Gasteiger partial charge in [0, 0.05) is 19.4 Å². The lowest BCUT2D eigenvalue weighted by Gasteiger charge is -2.38. The van der Waals surface area contributed by atoms with Crippen LogP contribution in [0, 0.1) is 17.2 Å². The summed E-state index contributed by atoms with van der Waals surface area (Å²) in [6, 6.07) is 2.11. The molecule has 1 aliphatic rings. The van der Waals surface area contributed by atoms with Crippen LogP contribution in [0.1, 0.15) is 33.1 Å². The molecular weight excluding hydrogens is 166 g/mol. The molecule has 0 amide bonds. The molecule has 0 aromatic carbocycles. The van der Waals surface area contributed by atoms with E-state index in [4.69, 9.17) is 10.00 Å². The number of nitrogens with zero attached hydrogens (tertiary/aromatic N) is 1. The minimum atomic E-state index is -0.826. The topological polar surface area (TPSA) is 53.2 Å². The van der Waals surface area contributed by atoms with Gasteiger partial charge in [-0.25, -0.2) is 0 Å². The lowest BCUT2D eigenvalue weighted by atomic mass is 9.80. The molecule has 0 saturated carbocycles. The van der Waals surface area contributed by atoms with Gasteiger partial charge in [-0.05, 0) is 13.3 Å². The monoisotopic (exact) mass is 183 g/mol. The quantitative estimate of drug-likeness (QED) is 0.705. The number of hydrogen-bond donors (Lipinski definition) is 1. The Morgan fingerprint density at radius 2 is 2.46 bits per heavy atom. The van der Waals surface area contributed by atoms with E-state index in [9.17, 15) is 5.11 Å². The molecule has 0 aliphatic carbocycles. The molecule has 1 rings (SSSR count). The number of nitriles is 1. The van der Waals surface area contributed by atoms with Crippen molar-refractivity contribution in [2.45, 2.75) is 44.8 Å². The second-order valence-corrected chi connectivity index (χ2v) is 3.81. The van der Waals surface area contributed by atoms with E-state index in [1.807, 2.05) is 6.92 Å². The number of hydrogen-bond acceptors (Lipinski definition) is 3. The maximum Gasteiger partial charge on any atom is 0.0849 e. The van der Waals surface area contributed by atoms with Crippen molar-refractivity contribution in [2.75, 3.05) is 6.61 Å². The van der Waals surface area contributed by atoms with Crippen LogP contribution in [0.2, 0.25) is 0 Å². The second-order valence-electron chi connectivity index (χ2n) is 3.81. The van der Waals surface area contributed by atoms with Gasteiger partial charge in [-0.2, -0.15) is 5.26 Å². The summed E-state index contributed by atoms with van der Waals surface area (Å²) in [4.78, 5) is 0. The van der Waals surface area contributed by atoms with Gasteiger partial charge in [0.05, 0.1) is 23.7 Å². The van der Waals surface area contributed by atoms with E-state index in [-0.39, 0.29) is 12.0 Å². The van der Waals surface area contributed by atoms with Crippen molar-refractivity contribution in [3.05, 3.63) is 0 Å². The van der Waals surface area contributed by atoms with Crippen molar-refractivity contribution in [2.24, 2.45) is 5.92 Å². The van der Waals surface area contributed by atoms with Gasteiger partial charge in [0.15, 0.2) is 0 Å². The summed E-state index contributed by atoms with van der Waals surface area (Å²) in [5.41, 5.74) is -0.826. The van der Waals surface area contributed by atoms with Crippen molar-refractivity contribution >= 4 is 0 Å². The molecule has 3 nitrogen and oxygen atoms in total. The standard InChI is InChI=1S/C10H17NO2/c1-3-9-6-10(12,4-5-13-9)8(2)7-11/h8-9,12H,3-6H2,1-2H3. The second kappa shape index (κ2) is 4.08. The fourth-order valence-electron chi connectivity index (χ4n) is 1.73. The predicted molar refractivity (Wildman–Crippen MR) is 49.0 cm³/mol. The van der Waals surface area contributed by atoms with E-state index >= 15 is 0 Å². The molecule has 3 heteroatoms. The summed E-state index contributed by atoms with van der Waals surface area (Å²) in [6.07, 6.45) is 2.20. The van der Waals surface area contributed by atoms with Crippen molar-refractivity contribution in [1.82, 2.24) is 0 Å². The normalized spacial score (nSPS) is 36.6. The van der Waals surface area contributed by atoms with Crippen molar-refractivity contribution in [3.8, 4) is 6.07 Å². The van der Waals surface area contributed by atoms with Gasteiger partial charge in [0.2, 0.25) is 0 Å². The summed E-state index contributed by atoms with van der Waals surface area (Å²) < 4.78 is 5.45. The highest BCUT2D eigenvalue weighted by Crippen LogP contribution is 2.32. The minimum Gasteiger partial charge on any atom is -0.388 e. The van der Waals surface area contributed by atoms with E-state index in [1.165, 1.54) is 0 Å². The average Bonchev–Trinajstić information content (AvgIpc) is 2.16. The van der Waals surface area contributed by atoms with Crippen LogP contribution < -0.4 is 0 Å². The van der Waals surface area contributed by atoms with Crippen LogP contribution >= 0.6 is 0 Å². The van der Waals surface area contributed by atoms with Crippen molar-refractivity contribution in [1.29, 1.82) is 5.26 Å². The van der Waals surface area contributed by atoms with Crippen LogP contribution in [0.3, 0.4) is 0 Å². The SMILES string of the molecule is CCC1CC(O)(C(C)C#N)CCO1.